The summed E-state index contributed by atoms with van der Waals surface area (Å²) in [4.78, 5) is 3.74. The number of halogens is 2. The van der Waals surface area contributed by atoms with E-state index in [0.717, 1.165) is 26.7 Å². The van der Waals surface area contributed by atoms with Crippen LogP contribution in [0.1, 0.15) is 32.2 Å². The highest BCUT2D eigenvalue weighted by atomic mass is 35.5. The van der Waals surface area contributed by atoms with Crippen LogP contribution in [0.5, 0.6) is 5.75 Å². The lowest BCUT2D eigenvalue weighted by Crippen LogP contribution is -2.36. The Morgan fingerprint density at radius 3 is 2.35 bits per heavy atom. The van der Waals surface area contributed by atoms with E-state index in [1.807, 2.05) is 67.6 Å². The van der Waals surface area contributed by atoms with Gasteiger partial charge in [0.1, 0.15) is 10.7 Å². The van der Waals surface area contributed by atoms with E-state index in [2.05, 4.69) is 23.0 Å². The van der Waals surface area contributed by atoms with Gasteiger partial charge in [0, 0.05) is 47.4 Å². The molecule has 3 aromatic carbocycles. The third kappa shape index (κ3) is 6.78. The van der Waals surface area contributed by atoms with Crippen molar-refractivity contribution in [3.8, 4) is 5.75 Å². The van der Waals surface area contributed by atoms with Crippen LogP contribution in [0.25, 0.3) is 22.0 Å². The van der Waals surface area contributed by atoms with Crippen LogP contribution in [0.15, 0.2) is 65.6 Å². The van der Waals surface area contributed by atoms with Gasteiger partial charge in [-0.1, -0.05) is 53.2 Å². The number of nitrogens with zero attached hydrogens (tertiary/aromatic N) is 3. The minimum absolute atomic E-state index is 0.0577. The number of aromatic hydroxyl groups is 1. The Morgan fingerprint density at radius 2 is 1.75 bits per heavy atom. The molecule has 212 valence electrons. The molecule has 0 amide bonds. The van der Waals surface area contributed by atoms with Crippen molar-refractivity contribution in [1.29, 1.82) is 0 Å². The highest BCUT2D eigenvalue weighted by Gasteiger charge is 2.28. The van der Waals surface area contributed by atoms with Gasteiger partial charge in [0.2, 0.25) is 0 Å². The lowest BCUT2D eigenvalue weighted by atomic mass is 10.1. The summed E-state index contributed by atoms with van der Waals surface area (Å²) in [6.07, 6.45) is 1.96. The standard InChI is InChI=1S/C29H31Cl2N3O4S2/c1-4-32(14-15-40(36,37)38)21-13-12-20(27(35)17-21)16-28(39-22-10-8-7-9-11-22)29-33(5-2)25-18-23(30)24(31)19-26(25)34(29)6-3/h7-13,16-19H,4-6,14-15H2,1-3H3,(H,36,37,38)/p+1. The topological polar surface area (TPSA) is 86.7 Å². The van der Waals surface area contributed by atoms with Crippen LogP contribution in [0, 0.1) is 0 Å². The Kier molecular flexibility index (Phi) is 9.74. The first kappa shape index (κ1) is 30.3. The first-order chi connectivity index (χ1) is 19.1. The van der Waals surface area contributed by atoms with Gasteiger partial charge in [-0.15, -0.1) is 0 Å². The van der Waals surface area contributed by atoms with Crippen molar-refractivity contribution in [2.45, 2.75) is 38.8 Å². The average Bonchev–Trinajstić information content (AvgIpc) is 3.22. The number of phenols is 1. The van der Waals surface area contributed by atoms with Gasteiger partial charge in [0.05, 0.1) is 28.9 Å². The summed E-state index contributed by atoms with van der Waals surface area (Å²) in [6.45, 7) is 8.04. The molecule has 4 aromatic rings. The Bertz CT molecular complexity index is 1610. The van der Waals surface area contributed by atoms with Gasteiger partial charge in [-0.2, -0.15) is 8.42 Å². The molecule has 0 bridgehead atoms. The van der Waals surface area contributed by atoms with Crippen molar-refractivity contribution in [2.75, 3.05) is 23.7 Å². The molecule has 0 saturated heterocycles. The molecular formula is C29H32Cl2N3O4S2+. The van der Waals surface area contributed by atoms with E-state index in [-0.39, 0.29) is 12.3 Å². The zero-order valence-corrected chi connectivity index (χ0v) is 25.7. The van der Waals surface area contributed by atoms with Crippen LogP contribution in [0.3, 0.4) is 0 Å². The number of thioether (sulfide) groups is 1. The Labute approximate surface area is 249 Å². The van der Waals surface area contributed by atoms with Crippen LogP contribution >= 0.6 is 35.0 Å². The molecule has 7 nitrogen and oxygen atoms in total. The second kappa shape index (κ2) is 12.9. The smallest absolute Gasteiger partial charge is 0.296 e. The number of anilines is 1. The molecular weight excluding hydrogens is 589 g/mol. The monoisotopic (exact) mass is 620 g/mol. The maximum absolute atomic E-state index is 11.3. The van der Waals surface area contributed by atoms with Crippen molar-refractivity contribution >= 4 is 72.8 Å². The minimum atomic E-state index is -4.10. The van der Waals surface area contributed by atoms with Crippen molar-refractivity contribution in [3.05, 3.63) is 82.1 Å². The molecule has 0 aliphatic carbocycles. The Balaban J connectivity index is 1.87. The van der Waals surface area contributed by atoms with Crippen LogP contribution in [-0.2, 0) is 23.2 Å². The first-order valence-corrected chi connectivity index (χ1v) is 16.1. The quantitative estimate of drug-likeness (QED) is 0.107. The number of imidazole rings is 1. The molecule has 0 aliphatic heterocycles. The van der Waals surface area contributed by atoms with Gasteiger partial charge in [-0.25, -0.2) is 9.13 Å². The number of benzene rings is 3. The fourth-order valence-corrected chi connectivity index (χ4v) is 6.49. The predicted octanol–water partition coefficient (Wildman–Crippen LogP) is 6.99. The molecule has 4 rings (SSSR count). The number of aromatic nitrogens is 2. The van der Waals surface area contributed by atoms with E-state index in [0.29, 0.717) is 40.9 Å². The van der Waals surface area contributed by atoms with Crippen LogP contribution < -0.4 is 9.47 Å². The molecule has 1 heterocycles. The number of rotatable bonds is 11. The van der Waals surface area contributed by atoms with Crippen LogP contribution in [0.2, 0.25) is 10.0 Å². The van der Waals surface area contributed by atoms with Gasteiger partial charge in [0.15, 0.2) is 11.0 Å². The van der Waals surface area contributed by atoms with Crippen molar-refractivity contribution < 1.29 is 22.6 Å². The van der Waals surface area contributed by atoms with Gasteiger partial charge < -0.3 is 10.0 Å². The van der Waals surface area contributed by atoms with Crippen LogP contribution in [0.4, 0.5) is 5.69 Å². The molecule has 0 radical (unpaired) electrons. The van der Waals surface area contributed by atoms with Gasteiger partial charge >= 0.3 is 0 Å². The van der Waals surface area contributed by atoms with E-state index in [9.17, 15) is 18.1 Å². The van der Waals surface area contributed by atoms with E-state index >= 15 is 0 Å². The van der Waals surface area contributed by atoms with Crippen molar-refractivity contribution in [3.63, 3.8) is 0 Å². The summed E-state index contributed by atoms with van der Waals surface area (Å²) < 4.78 is 36.1. The molecule has 40 heavy (non-hydrogen) atoms. The summed E-state index contributed by atoms with van der Waals surface area (Å²) in [5.74, 6) is 0.620. The molecule has 0 unspecified atom stereocenters. The lowest BCUT2D eigenvalue weighted by Gasteiger charge is -2.23. The molecule has 0 saturated carbocycles. The molecule has 1 aromatic heterocycles. The minimum Gasteiger partial charge on any atom is -0.507 e. The molecule has 2 N–H and O–H groups in total. The normalized spacial score (nSPS) is 12.3. The Hall–Kier alpha value is -2.69. The van der Waals surface area contributed by atoms with Gasteiger partial charge in [-0.3, -0.25) is 4.55 Å². The maximum atomic E-state index is 11.3. The molecule has 11 heteroatoms. The lowest BCUT2D eigenvalue weighted by molar-refractivity contribution is -0.670. The number of hydrogen-bond donors (Lipinski definition) is 2. The van der Waals surface area contributed by atoms with E-state index in [4.69, 9.17) is 23.2 Å². The van der Waals surface area contributed by atoms with E-state index < -0.39 is 15.9 Å². The predicted molar refractivity (Wildman–Crippen MR) is 166 cm³/mol. The van der Waals surface area contributed by atoms with Gasteiger partial charge in [0.25, 0.3) is 15.9 Å². The summed E-state index contributed by atoms with van der Waals surface area (Å²) in [5, 5.41) is 12.1. The second-order valence-corrected chi connectivity index (χ2v) is 12.6. The summed E-state index contributed by atoms with van der Waals surface area (Å²) in [5.41, 5.74) is 3.20. The largest absolute Gasteiger partial charge is 0.507 e. The zero-order chi connectivity index (χ0) is 29.0. The number of fused-ring (bicyclic) bond motifs is 1. The van der Waals surface area contributed by atoms with E-state index in [1.165, 1.54) is 0 Å². The number of hydrogen-bond acceptors (Lipinski definition) is 5. The SMILES string of the molecule is CCN(CCS(=O)(=O)O)c1ccc(/C=C(\Sc2ccccc2)c2n(CC)c3cc(Cl)c(Cl)cc3[n+]2CC)c(O)c1. The molecule has 0 atom stereocenters. The summed E-state index contributed by atoms with van der Waals surface area (Å²) >= 11 is 14.4. The van der Waals surface area contributed by atoms with Crippen LogP contribution in [-0.4, -0.2) is 41.5 Å². The fourth-order valence-electron chi connectivity index (χ4n) is 4.68. The fraction of sp³-hybridized carbons (Fsp3) is 0.276. The number of aryl methyl sites for hydroxylation is 2. The average molecular weight is 622 g/mol. The highest BCUT2D eigenvalue weighted by molar-refractivity contribution is 8.08. The Morgan fingerprint density at radius 1 is 1.05 bits per heavy atom. The van der Waals surface area contributed by atoms with Gasteiger partial charge in [-0.05, 0) is 51.1 Å². The van der Waals surface area contributed by atoms with Crippen molar-refractivity contribution in [1.82, 2.24) is 4.57 Å². The highest BCUT2D eigenvalue weighted by Crippen LogP contribution is 2.39. The summed E-state index contributed by atoms with van der Waals surface area (Å²) in [6, 6.07) is 19.1. The maximum Gasteiger partial charge on any atom is 0.296 e. The third-order valence-corrected chi connectivity index (χ3v) is 9.05. The van der Waals surface area contributed by atoms with E-state index in [1.54, 1.807) is 22.7 Å². The summed E-state index contributed by atoms with van der Waals surface area (Å²) in [7, 11) is -4.10. The third-order valence-electron chi connectivity index (χ3n) is 6.60. The number of phenolic OH excluding ortho intramolecular Hbond substituents is 1. The van der Waals surface area contributed by atoms with Crippen molar-refractivity contribution in [2.24, 2.45) is 0 Å². The molecule has 0 aliphatic rings. The molecule has 0 fully saturated rings. The first-order valence-electron chi connectivity index (χ1n) is 12.9. The zero-order valence-electron chi connectivity index (χ0n) is 22.5. The second-order valence-electron chi connectivity index (χ2n) is 9.10. The molecule has 0 spiro atoms.